The Bertz CT molecular complexity index is 426. The van der Waals surface area contributed by atoms with Crippen LogP contribution in [0.1, 0.15) is 13.8 Å². The lowest BCUT2D eigenvalue weighted by Gasteiger charge is -2.25. The minimum absolute atomic E-state index is 0.163. The van der Waals surface area contributed by atoms with E-state index in [0.29, 0.717) is 12.4 Å². The molecule has 0 aliphatic heterocycles. The molecule has 0 aliphatic rings. The smallest absolute Gasteiger partial charge is 0.115 e. The van der Waals surface area contributed by atoms with E-state index in [2.05, 4.69) is 12.6 Å². The Kier molecular flexibility index (Phi) is 7.10. The summed E-state index contributed by atoms with van der Waals surface area (Å²) in [7, 11) is 2.84. The predicted octanol–water partition coefficient (Wildman–Crippen LogP) is 4.59. The Morgan fingerprint density at radius 1 is 1.37 bits per heavy atom. The van der Waals surface area contributed by atoms with Gasteiger partial charge >= 0.3 is 0 Å². The maximum atomic E-state index is 9.18. The van der Waals surface area contributed by atoms with Gasteiger partial charge in [0, 0.05) is 18.8 Å². The van der Waals surface area contributed by atoms with Gasteiger partial charge in [-0.15, -0.1) is 6.42 Å². The number of benzene rings is 1. The molecule has 0 fully saturated rings. The zero-order chi connectivity index (χ0) is 14.3. The first-order valence-corrected chi connectivity index (χ1v) is 9.91. The summed E-state index contributed by atoms with van der Waals surface area (Å²) >= 11 is 0. The first-order chi connectivity index (χ1) is 8.95. The van der Waals surface area contributed by atoms with Gasteiger partial charge in [-0.05, 0) is 44.8 Å². The number of rotatable bonds is 7. The van der Waals surface area contributed by atoms with Crippen LogP contribution >= 0.6 is 29.7 Å². The highest BCUT2D eigenvalue weighted by Crippen LogP contribution is 2.46. The quantitative estimate of drug-likeness (QED) is 0.345. The molecule has 1 atom stereocenters. The molecule has 0 saturated carbocycles. The van der Waals surface area contributed by atoms with E-state index in [0.717, 1.165) is 10.6 Å². The third kappa shape index (κ3) is 6.10. The zero-order valence-electron chi connectivity index (χ0n) is 11.4. The second kappa shape index (κ2) is 8.07. The van der Waals surface area contributed by atoms with Crippen molar-refractivity contribution < 1.29 is 9.63 Å². The third-order valence-electron chi connectivity index (χ3n) is 2.58. The molecule has 0 spiro atoms. The molecule has 2 nitrogen and oxygen atoms in total. The van der Waals surface area contributed by atoms with Crippen LogP contribution in [0.25, 0.3) is 0 Å². The molecule has 0 aromatic heterocycles. The summed E-state index contributed by atoms with van der Waals surface area (Å²) < 4.78 is 5.80. The maximum Gasteiger partial charge on any atom is 0.115 e. The SMILES string of the molecule is C#CC(C)(C)P(C)OCCSSc1ccc(O)cc1. The van der Waals surface area contributed by atoms with Crippen LogP contribution in [-0.2, 0) is 4.52 Å². The molecule has 1 N–H and O–H groups in total. The number of phenolic OH excluding ortho intramolecular Hbond substituents is 1. The van der Waals surface area contributed by atoms with Gasteiger partial charge in [-0.2, -0.15) is 0 Å². The highest BCUT2D eigenvalue weighted by molar-refractivity contribution is 8.76. The number of hydrogen-bond donors (Lipinski definition) is 1. The topological polar surface area (TPSA) is 29.5 Å². The van der Waals surface area contributed by atoms with E-state index in [1.54, 1.807) is 33.7 Å². The van der Waals surface area contributed by atoms with Gasteiger partial charge in [-0.1, -0.05) is 27.5 Å². The molecule has 5 heteroatoms. The standard InChI is InChI=1S/C14H19O2PS2/c1-5-14(2,3)17(4)16-10-11-18-19-13-8-6-12(15)7-9-13/h1,6-9,15H,10-11H2,2-4H3. The number of hydrogen-bond acceptors (Lipinski definition) is 4. The van der Waals surface area contributed by atoms with E-state index < -0.39 is 8.15 Å². The van der Waals surface area contributed by atoms with Crippen LogP contribution in [-0.4, -0.2) is 29.3 Å². The molecule has 1 aromatic rings. The van der Waals surface area contributed by atoms with Crippen molar-refractivity contribution in [2.24, 2.45) is 0 Å². The van der Waals surface area contributed by atoms with E-state index in [1.807, 2.05) is 26.0 Å². The van der Waals surface area contributed by atoms with Crippen LogP contribution in [0.4, 0.5) is 0 Å². The van der Waals surface area contributed by atoms with Crippen molar-refractivity contribution in [1.29, 1.82) is 0 Å². The number of phenols is 1. The summed E-state index contributed by atoms with van der Waals surface area (Å²) in [5.74, 6) is 3.99. The van der Waals surface area contributed by atoms with Gasteiger partial charge in [-0.3, -0.25) is 0 Å². The van der Waals surface area contributed by atoms with Crippen LogP contribution < -0.4 is 0 Å². The highest BCUT2D eigenvalue weighted by atomic mass is 33.1. The lowest BCUT2D eigenvalue weighted by Crippen LogP contribution is -2.15. The molecule has 1 rings (SSSR count). The van der Waals surface area contributed by atoms with Crippen molar-refractivity contribution in [1.82, 2.24) is 0 Å². The molecule has 0 amide bonds. The van der Waals surface area contributed by atoms with Crippen LogP contribution in [0, 0.1) is 12.3 Å². The summed E-state index contributed by atoms with van der Waals surface area (Å²) in [6, 6.07) is 7.20. The maximum absolute atomic E-state index is 9.18. The first kappa shape index (κ1) is 16.7. The molecule has 0 heterocycles. The highest BCUT2D eigenvalue weighted by Gasteiger charge is 2.23. The van der Waals surface area contributed by atoms with Gasteiger partial charge in [0.15, 0.2) is 0 Å². The van der Waals surface area contributed by atoms with Gasteiger partial charge in [-0.25, -0.2) is 0 Å². The fourth-order valence-electron chi connectivity index (χ4n) is 1.07. The van der Waals surface area contributed by atoms with E-state index in [4.69, 9.17) is 10.9 Å². The molecule has 0 aliphatic carbocycles. The fourth-order valence-corrected chi connectivity index (χ4v) is 3.88. The molecule has 0 bridgehead atoms. The Hall–Kier alpha value is -0.330. The van der Waals surface area contributed by atoms with E-state index in [9.17, 15) is 5.11 Å². The van der Waals surface area contributed by atoms with Crippen molar-refractivity contribution in [3.63, 3.8) is 0 Å². The normalized spacial score (nSPS) is 12.9. The number of aromatic hydroxyl groups is 1. The monoisotopic (exact) mass is 314 g/mol. The van der Waals surface area contributed by atoms with E-state index >= 15 is 0 Å². The van der Waals surface area contributed by atoms with Crippen molar-refractivity contribution in [3.05, 3.63) is 24.3 Å². The van der Waals surface area contributed by atoms with Crippen molar-refractivity contribution in [3.8, 4) is 18.1 Å². The molecule has 0 saturated heterocycles. The van der Waals surface area contributed by atoms with Gasteiger partial charge in [0.1, 0.15) is 5.75 Å². The molecule has 19 heavy (non-hydrogen) atoms. The van der Waals surface area contributed by atoms with Gasteiger partial charge in [0.2, 0.25) is 0 Å². The summed E-state index contributed by atoms with van der Waals surface area (Å²) in [5, 5.41) is 9.01. The Morgan fingerprint density at radius 2 is 2.00 bits per heavy atom. The van der Waals surface area contributed by atoms with Crippen molar-refractivity contribution >= 4 is 29.7 Å². The molecular formula is C14H19O2PS2. The molecule has 104 valence electrons. The lowest BCUT2D eigenvalue weighted by molar-refractivity contribution is 0.376. The molecular weight excluding hydrogens is 295 g/mol. The summed E-state index contributed by atoms with van der Waals surface area (Å²) in [6.45, 7) is 6.87. The first-order valence-electron chi connectivity index (χ1n) is 5.89. The second-order valence-corrected chi connectivity index (χ2v) is 9.29. The fraction of sp³-hybridized carbons (Fsp3) is 0.429. The van der Waals surface area contributed by atoms with Gasteiger partial charge < -0.3 is 9.63 Å². The zero-order valence-corrected chi connectivity index (χ0v) is 13.9. The van der Waals surface area contributed by atoms with Crippen LogP contribution in [0.2, 0.25) is 0 Å². The Labute approximate surface area is 124 Å². The van der Waals surface area contributed by atoms with E-state index in [-0.39, 0.29) is 5.16 Å². The summed E-state index contributed by atoms with van der Waals surface area (Å²) in [5.41, 5.74) is 0. The molecule has 1 aromatic carbocycles. The lowest BCUT2D eigenvalue weighted by atomic mass is 10.2. The average Bonchev–Trinajstić information content (AvgIpc) is 2.40. The Morgan fingerprint density at radius 3 is 2.58 bits per heavy atom. The third-order valence-corrected chi connectivity index (χ3v) is 7.20. The van der Waals surface area contributed by atoms with E-state index in [1.165, 1.54) is 0 Å². The largest absolute Gasteiger partial charge is 0.508 e. The molecule has 0 radical (unpaired) electrons. The summed E-state index contributed by atoms with van der Waals surface area (Å²) in [4.78, 5) is 1.13. The van der Waals surface area contributed by atoms with Gasteiger partial charge in [0.05, 0.1) is 11.8 Å². The predicted molar refractivity (Wildman–Crippen MR) is 88.1 cm³/mol. The van der Waals surface area contributed by atoms with Crippen molar-refractivity contribution in [2.45, 2.75) is 23.9 Å². The minimum atomic E-state index is -0.591. The van der Waals surface area contributed by atoms with Crippen LogP contribution in [0.5, 0.6) is 5.75 Å². The average molecular weight is 314 g/mol. The second-order valence-electron chi connectivity index (χ2n) is 4.43. The number of terminal acetylenes is 1. The van der Waals surface area contributed by atoms with Crippen LogP contribution in [0.15, 0.2) is 29.2 Å². The molecule has 1 unspecified atom stereocenters. The minimum Gasteiger partial charge on any atom is -0.508 e. The van der Waals surface area contributed by atoms with Crippen LogP contribution in [0.3, 0.4) is 0 Å². The summed E-state index contributed by atoms with van der Waals surface area (Å²) in [6.07, 6.45) is 5.48. The van der Waals surface area contributed by atoms with Crippen molar-refractivity contribution in [2.75, 3.05) is 19.0 Å². The Balaban J connectivity index is 2.18. The van der Waals surface area contributed by atoms with Gasteiger partial charge in [0.25, 0.3) is 0 Å².